The Labute approximate surface area is 115 Å². The van der Waals surface area contributed by atoms with Gasteiger partial charge in [-0.2, -0.15) is 16.4 Å². The predicted molar refractivity (Wildman–Crippen MR) is 75.5 cm³/mol. The van der Waals surface area contributed by atoms with E-state index in [4.69, 9.17) is 0 Å². The number of nitrogens with zero attached hydrogens (tertiary/aromatic N) is 4. The largest absolute Gasteiger partial charge is 0.325 e. The van der Waals surface area contributed by atoms with Gasteiger partial charge in [0.1, 0.15) is 0 Å². The fourth-order valence-electron chi connectivity index (χ4n) is 1.54. The molecule has 6 nitrogen and oxygen atoms in total. The zero-order chi connectivity index (χ0) is 13.8. The number of carbonyl (C=O) groups is 1. The lowest BCUT2D eigenvalue weighted by atomic mass is 10.2. The Balaban J connectivity index is 2.21. The van der Waals surface area contributed by atoms with Gasteiger partial charge in [0.15, 0.2) is 5.82 Å². The van der Waals surface area contributed by atoms with Gasteiger partial charge in [-0.15, -0.1) is 5.10 Å². The maximum absolute atomic E-state index is 11.8. The van der Waals surface area contributed by atoms with Crippen molar-refractivity contribution < 1.29 is 4.79 Å². The van der Waals surface area contributed by atoms with Crippen molar-refractivity contribution in [1.82, 2.24) is 20.2 Å². The molecular formula is C12H15N5OS. The molecule has 2 rings (SSSR count). The average molecular weight is 277 g/mol. The summed E-state index contributed by atoms with van der Waals surface area (Å²) in [7, 11) is 0. The molecule has 1 N–H and O–H groups in total. The predicted octanol–water partition coefficient (Wildman–Crippen LogP) is 1.66. The minimum absolute atomic E-state index is 0.0157. The third-order valence-corrected chi connectivity index (χ3v) is 3.63. The molecule has 1 amide bonds. The molecule has 1 aromatic carbocycles. The summed E-state index contributed by atoms with van der Waals surface area (Å²) in [5.74, 6) is 0.680. The molecule has 1 unspecified atom stereocenters. The molecule has 0 spiro atoms. The number of aromatic nitrogens is 4. The summed E-state index contributed by atoms with van der Waals surface area (Å²) in [6, 6.07) is 7.43. The summed E-state index contributed by atoms with van der Waals surface area (Å²) in [5.41, 5.74) is 1.55. The molecule has 0 aliphatic carbocycles. The van der Waals surface area contributed by atoms with Crippen LogP contribution in [0.15, 0.2) is 24.3 Å². The first kappa shape index (κ1) is 13.5. The summed E-state index contributed by atoms with van der Waals surface area (Å²) in [6.45, 7) is 3.69. The van der Waals surface area contributed by atoms with Crippen molar-refractivity contribution in [1.29, 1.82) is 0 Å². The second-order valence-corrected chi connectivity index (χ2v) is 5.23. The monoisotopic (exact) mass is 277 g/mol. The molecule has 19 heavy (non-hydrogen) atoms. The van der Waals surface area contributed by atoms with Gasteiger partial charge in [-0.1, -0.05) is 6.07 Å². The number of anilines is 1. The molecule has 0 saturated carbocycles. The first-order chi connectivity index (χ1) is 9.11. The fraction of sp³-hybridized carbons (Fsp3) is 0.333. The number of aryl methyl sites for hydroxylation is 1. The van der Waals surface area contributed by atoms with Crippen molar-refractivity contribution in [3.05, 3.63) is 30.1 Å². The van der Waals surface area contributed by atoms with E-state index >= 15 is 0 Å². The number of hydrogen-bond acceptors (Lipinski definition) is 5. The topological polar surface area (TPSA) is 72.7 Å². The van der Waals surface area contributed by atoms with E-state index in [2.05, 4.69) is 20.8 Å². The SMILES string of the molecule is CSC(C)C(=O)Nc1cccc(-n2nnnc2C)c1. The zero-order valence-corrected chi connectivity index (χ0v) is 11.8. The molecule has 0 bridgehead atoms. The lowest BCUT2D eigenvalue weighted by Crippen LogP contribution is -2.22. The number of thioether (sulfide) groups is 1. The highest BCUT2D eigenvalue weighted by atomic mass is 32.2. The van der Waals surface area contributed by atoms with E-state index in [1.807, 2.05) is 44.4 Å². The molecule has 7 heteroatoms. The third kappa shape index (κ3) is 3.11. The number of rotatable bonds is 4. The van der Waals surface area contributed by atoms with Gasteiger partial charge in [0.2, 0.25) is 5.91 Å². The van der Waals surface area contributed by atoms with Crippen LogP contribution in [0.4, 0.5) is 5.69 Å². The van der Waals surface area contributed by atoms with Crippen LogP contribution in [-0.2, 0) is 4.79 Å². The maximum atomic E-state index is 11.8. The molecule has 0 aliphatic rings. The molecule has 0 saturated heterocycles. The van der Waals surface area contributed by atoms with Gasteiger partial charge in [-0.3, -0.25) is 4.79 Å². The number of tetrazole rings is 1. The first-order valence-electron chi connectivity index (χ1n) is 5.81. The van der Waals surface area contributed by atoms with Gasteiger partial charge in [-0.05, 0) is 48.7 Å². The molecule has 2 aromatic rings. The van der Waals surface area contributed by atoms with Crippen LogP contribution in [0.3, 0.4) is 0 Å². The summed E-state index contributed by atoms with van der Waals surface area (Å²) in [6.07, 6.45) is 1.91. The van der Waals surface area contributed by atoms with Gasteiger partial charge in [0.25, 0.3) is 0 Å². The Bertz CT molecular complexity index is 583. The van der Waals surface area contributed by atoms with Crippen LogP contribution >= 0.6 is 11.8 Å². The van der Waals surface area contributed by atoms with Crippen LogP contribution in [0.25, 0.3) is 5.69 Å². The number of amides is 1. The number of nitrogens with one attached hydrogen (secondary N) is 1. The van der Waals surface area contributed by atoms with Crippen LogP contribution in [0.5, 0.6) is 0 Å². The van der Waals surface area contributed by atoms with Gasteiger partial charge in [0, 0.05) is 5.69 Å². The normalized spacial score (nSPS) is 12.2. The van der Waals surface area contributed by atoms with Crippen LogP contribution in [0.1, 0.15) is 12.7 Å². The van der Waals surface area contributed by atoms with Crippen molar-refractivity contribution in [2.75, 3.05) is 11.6 Å². The Kier molecular flexibility index (Phi) is 4.16. The van der Waals surface area contributed by atoms with E-state index in [1.165, 1.54) is 11.8 Å². The molecule has 0 radical (unpaired) electrons. The average Bonchev–Trinajstić information content (AvgIpc) is 2.84. The lowest BCUT2D eigenvalue weighted by Gasteiger charge is -2.10. The molecule has 1 atom stereocenters. The van der Waals surface area contributed by atoms with Crippen molar-refractivity contribution in [2.45, 2.75) is 19.1 Å². The molecule has 100 valence electrons. The second-order valence-electron chi connectivity index (χ2n) is 4.06. The summed E-state index contributed by atoms with van der Waals surface area (Å²) >= 11 is 1.51. The van der Waals surface area contributed by atoms with Crippen LogP contribution in [0.2, 0.25) is 0 Å². The minimum Gasteiger partial charge on any atom is -0.325 e. The first-order valence-corrected chi connectivity index (χ1v) is 7.09. The number of benzene rings is 1. The quantitative estimate of drug-likeness (QED) is 0.920. The summed E-state index contributed by atoms with van der Waals surface area (Å²) in [5, 5.41) is 14.1. The van der Waals surface area contributed by atoms with E-state index < -0.39 is 0 Å². The standard InChI is InChI=1S/C12H15N5OS/c1-8(19-3)12(18)13-10-5-4-6-11(7-10)17-9(2)14-15-16-17/h4-8H,1-3H3,(H,13,18). The Morgan fingerprint density at radius 3 is 2.89 bits per heavy atom. The molecule has 0 fully saturated rings. The number of hydrogen-bond donors (Lipinski definition) is 1. The maximum Gasteiger partial charge on any atom is 0.237 e. The van der Waals surface area contributed by atoms with Gasteiger partial charge < -0.3 is 5.32 Å². The van der Waals surface area contributed by atoms with E-state index in [0.717, 1.165) is 11.4 Å². The summed E-state index contributed by atoms with van der Waals surface area (Å²) in [4.78, 5) is 11.8. The number of carbonyl (C=O) groups excluding carboxylic acids is 1. The molecule has 1 heterocycles. The zero-order valence-electron chi connectivity index (χ0n) is 11.0. The Morgan fingerprint density at radius 2 is 2.26 bits per heavy atom. The smallest absolute Gasteiger partial charge is 0.237 e. The Hall–Kier alpha value is -1.89. The highest BCUT2D eigenvalue weighted by molar-refractivity contribution is 7.99. The van der Waals surface area contributed by atoms with E-state index in [9.17, 15) is 4.79 Å². The lowest BCUT2D eigenvalue weighted by molar-refractivity contribution is -0.115. The van der Waals surface area contributed by atoms with Crippen molar-refractivity contribution in [2.24, 2.45) is 0 Å². The van der Waals surface area contributed by atoms with Crippen LogP contribution in [0, 0.1) is 6.92 Å². The highest BCUT2D eigenvalue weighted by Gasteiger charge is 2.11. The third-order valence-electron chi connectivity index (χ3n) is 2.71. The fourth-order valence-corrected chi connectivity index (χ4v) is 1.81. The van der Waals surface area contributed by atoms with Crippen molar-refractivity contribution in [3.63, 3.8) is 0 Å². The second kappa shape index (κ2) is 5.83. The van der Waals surface area contributed by atoms with Gasteiger partial charge >= 0.3 is 0 Å². The molecular weight excluding hydrogens is 262 g/mol. The van der Waals surface area contributed by atoms with E-state index in [1.54, 1.807) is 4.68 Å². The van der Waals surface area contributed by atoms with Crippen molar-refractivity contribution in [3.8, 4) is 5.69 Å². The molecule has 1 aromatic heterocycles. The van der Waals surface area contributed by atoms with Crippen molar-refractivity contribution >= 4 is 23.4 Å². The van der Waals surface area contributed by atoms with E-state index in [0.29, 0.717) is 5.82 Å². The Morgan fingerprint density at radius 1 is 1.47 bits per heavy atom. The summed E-state index contributed by atoms with van der Waals surface area (Å²) < 4.78 is 1.62. The molecule has 0 aliphatic heterocycles. The van der Waals surface area contributed by atoms with Crippen LogP contribution < -0.4 is 5.32 Å². The highest BCUT2D eigenvalue weighted by Crippen LogP contribution is 2.16. The minimum atomic E-state index is -0.0848. The van der Waals surface area contributed by atoms with E-state index in [-0.39, 0.29) is 11.2 Å². The van der Waals surface area contributed by atoms with Gasteiger partial charge in [-0.25, -0.2) is 0 Å². The van der Waals surface area contributed by atoms with Crippen LogP contribution in [-0.4, -0.2) is 37.6 Å². The van der Waals surface area contributed by atoms with Gasteiger partial charge in [0.05, 0.1) is 10.9 Å².